The van der Waals surface area contributed by atoms with Gasteiger partial charge in [0, 0.05) is 12.4 Å². The second-order valence-corrected chi connectivity index (χ2v) is 4.47. The summed E-state index contributed by atoms with van der Waals surface area (Å²) >= 11 is 7.47. The van der Waals surface area contributed by atoms with Crippen molar-refractivity contribution in [2.45, 2.75) is 0 Å². The summed E-state index contributed by atoms with van der Waals surface area (Å²) in [6.07, 6.45) is 4.87. The molecule has 3 aromatic heterocycles. The molecule has 0 saturated heterocycles. The highest BCUT2D eigenvalue weighted by molar-refractivity contribution is 7.22. The van der Waals surface area contributed by atoms with E-state index < -0.39 is 0 Å². The topological polar surface area (TPSA) is 51.6 Å². The fraction of sp³-hybridized carbons (Fsp3) is 0. The van der Waals surface area contributed by atoms with Crippen molar-refractivity contribution in [3.05, 3.63) is 36.0 Å². The molecule has 3 rings (SSSR count). The van der Waals surface area contributed by atoms with Crippen LogP contribution < -0.4 is 0 Å². The van der Waals surface area contributed by atoms with E-state index in [1.807, 2.05) is 6.07 Å². The van der Waals surface area contributed by atoms with E-state index in [-0.39, 0.29) is 0 Å². The average molecular weight is 249 g/mol. The zero-order valence-electron chi connectivity index (χ0n) is 7.96. The van der Waals surface area contributed by atoms with Gasteiger partial charge in [0.2, 0.25) is 0 Å². The minimum absolute atomic E-state index is 0.470. The van der Waals surface area contributed by atoms with Gasteiger partial charge in [-0.2, -0.15) is 0 Å². The first-order valence-electron chi connectivity index (χ1n) is 4.52. The summed E-state index contributed by atoms with van der Waals surface area (Å²) in [5.74, 6) is 0.682. The molecule has 0 aromatic carbocycles. The van der Waals surface area contributed by atoms with E-state index in [9.17, 15) is 0 Å². The molecule has 4 nitrogen and oxygen atoms in total. The first-order chi connectivity index (χ1) is 7.84. The third-order valence-electron chi connectivity index (χ3n) is 2.05. The molecule has 0 spiro atoms. The first-order valence-corrected chi connectivity index (χ1v) is 5.71. The third kappa shape index (κ3) is 1.54. The lowest BCUT2D eigenvalue weighted by Crippen LogP contribution is -1.82. The summed E-state index contributed by atoms with van der Waals surface area (Å²) in [5.41, 5.74) is 0.826. The van der Waals surface area contributed by atoms with Gasteiger partial charge in [0.15, 0.2) is 5.82 Å². The molecule has 0 radical (unpaired) electrons. The molecule has 0 saturated carbocycles. The SMILES string of the molecule is Clc1ncnc2cc(-c3ncccn3)sc12. The van der Waals surface area contributed by atoms with Gasteiger partial charge in [-0.25, -0.2) is 19.9 Å². The van der Waals surface area contributed by atoms with Crippen LogP contribution in [0.1, 0.15) is 0 Å². The van der Waals surface area contributed by atoms with Gasteiger partial charge in [0.25, 0.3) is 0 Å². The van der Waals surface area contributed by atoms with Crippen LogP contribution in [0.5, 0.6) is 0 Å². The van der Waals surface area contributed by atoms with Crippen molar-refractivity contribution in [3.8, 4) is 10.7 Å². The van der Waals surface area contributed by atoms with Crippen LogP contribution in [0.4, 0.5) is 0 Å². The van der Waals surface area contributed by atoms with Gasteiger partial charge in [-0.3, -0.25) is 0 Å². The summed E-state index contributed by atoms with van der Waals surface area (Å²) in [6.45, 7) is 0. The summed E-state index contributed by atoms with van der Waals surface area (Å²) in [6, 6.07) is 3.70. The highest BCUT2D eigenvalue weighted by atomic mass is 35.5. The molecule has 3 aromatic rings. The van der Waals surface area contributed by atoms with E-state index >= 15 is 0 Å². The number of rotatable bonds is 1. The highest BCUT2D eigenvalue weighted by Gasteiger charge is 2.09. The normalized spacial score (nSPS) is 10.8. The van der Waals surface area contributed by atoms with Crippen molar-refractivity contribution in [2.75, 3.05) is 0 Å². The molecule has 0 fully saturated rings. The van der Waals surface area contributed by atoms with Gasteiger partial charge in [-0.1, -0.05) is 11.6 Å². The van der Waals surface area contributed by atoms with E-state index in [0.29, 0.717) is 11.0 Å². The number of nitrogens with zero attached hydrogens (tertiary/aromatic N) is 4. The fourth-order valence-corrected chi connectivity index (χ4v) is 2.56. The summed E-state index contributed by atoms with van der Waals surface area (Å²) in [4.78, 5) is 17.4. The maximum Gasteiger partial charge on any atom is 0.169 e. The maximum absolute atomic E-state index is 5.98. The second kappa shape index (κ2) is 3.77. The Morgan fingerprint density at radius 1 is 1.06 bits per heavy atom. The predicted octanol–water partition coefficient (Wildman–Crippen LogP) is 2.80. The van der Waals surface area contributed by atoms with Crippen LogP contribution in [-0.2, 0) is 0 Å². The standard InChI is InChI=1S/C10H5ClN4S/c11-9-8-6(14-5-15-9)4-7(16-8)10-12-2-1-3-13-10/h1-5H. The number of halogens is 1. The second-order valence-electron chi connectivity index (χ2n) is 3.06. The van der Waals surface area contributed by atoms with Crippen LogP contribution >= 0.6 is 22.9 Å². The van der Waals surface area contributed by atoms with Crippen LogP contribution in [0.15, 0.2) is 30.9 Å². The Morgan fingerprint density at radius 3 is 2.62 bits per heavy atom. The summed E-state index contributed by atoms with van der Waals surface area (Å²) < 4.78 is 0.867. The molecule has 0 amide bonds. The highest BCUT2D eigenvalue weighted by Crippen LogP contribution is 2.33. The first kappa shape index (κ1) is 9.62. The smallest absolute Gasteiger partial charge is 0.169 e. The Hall–Kier alpha value is -1.59. The average Bonchev–Trinajstić information content (AvgIpc) is 2.76. The molecule has 0 bridgehead atoms. The molecule has 0 aliphatic rings. The van der Waals surface area contributed by atoms with Gasteiger partial charge in [0.1, 0.15) is 11.5 Å². The van der Waals surface area contributed by atoms with Gasteiger partial charge < -0.3 is 0 Å². The minimum Gasteiger partial charge on any atom is -0.236 e. The minimum atomic E-state index is 0.470. The van der Waals surface area contributed by atoms with E-state index in [1.54, 1.807) is 18.5 Å². The molecule has 78 valence electrons. The predicted molar refractivity (Wildman–Crippen MR) is 63.5 cm³/mol. The third-order valence-corrected chi connectivity index (χ3v) is 3.58. The van der Waals surface area contributed by atoms with Crippen LogP contribution in [0.25, 0.3) is 20.9 Å². The Morgan fingerprint density at radius 2 is 1.88 bits per heavy atom. The Bertz CT molecular complexity index is 638. The van der Waals surface area contributed by atoms with E-state index in [4.69, 9.17) is 11.6 Å². The zero-order chi connectivity index (χ0) is 11.0. The van der Waals surface area contributed by atoms with Crippen molar-refractivity contribution in [1.82, 2.24) is 19.9 Å². The number of thiophene rings is 1. The van der Waals surface area contributed by atoms with Crippen molar-refractivity contribution in [1.29, 1.82) is 0 Å². The number of hydrogen-bond donors (Lipinski definition) is 0. The number of hydrogen-bond acceptors (Lipinski definition) is 5. The monoisotopic (exact) mass is 248 g/mol. The summed E-state index contributed by atoms with van der Waals surface area (Å²) in [7, 11) is 0. The number of fused-ring (bicyclic) bond motifs is 1. The lowest BCUT2D eigenvalue weighted by atomic mass is 10.4. The van der Waals surface area contributed by atoms with Crippen molar-refractivity contribution >= 4 is 33.2 Å². The van der Waals surface area contributed by atoms with Gasteiger partial charge in [0.05, 0.1) is 15.1 Å². The van der Waals surface area contributed by atoms with Gasteiger partial charge in [-0.05, 0) is 12.1 Å². The van der Waals surface area contributed by atoms with E-state index in [2.05, 4.69) is 19.9 Å². The molecule has 3 heterocycles. The Labute approximate surface area is 100.0 Å². The largest absolute Gasteiger partial charge is 0.236 e. The van der Waals surface area contributed by atoms with Gasteiger partial charge in [-0.15, -0.1) is 11.3 Å². The lowest BCUT2D eigenvalue weighted by Gasteiger charge is -1.91. The van der Waals surface area contributed by atoms with E-state index in [0.717, 1.165) is 15.1 Å². The van der Waals surface area contributed by atoms with Gasteiger partial charge >= 0.3 is 0 Å². The fourth-order valence-electron chi connectivity index (χ4n) is 1.36. The van der Waals surface area contributed by atoms with E-state index in [1.165, 1.54) is 17.7 Å². The zero-order valence-corrected chi connectivity index (χ0v) is 9.53. The molecule has 6 heteroatoms. The Kier molecular flexibility index (Phi) is 2.27. The Balaban J connectivity index is 2.23. The molecule has 0 aliphatic heterocycles. The van der Waals surface area contributed by atoms with Crippen LogP contribution in [-0.4, -0.2) is 19.9 Å². The van der Waals surface area contributed by atoms with Crippen LogP contribution in [0, 0.1) is 0 Å². The molecule has 16 heavy (non-hydrogen) atoms. The summed E-state index contributed by atoms with van der Waals surface area (Å²) in [5, 5.41) is 0.470. The van der Waals surface area contributed by atoms with Crippen molar-refractivity contribution in [3.63, 3.8) is 0 Å². The molecular weight excluding hydrogens is 244 g/mol. The maximum atomic E-state index is 5.98. The lowest BCUT2D eigenvalue weighted by molar-refractivity contribution is 1.19. The molecule has 0 N–H and O–H groups in total. The molecular formula is C10H5ClN4S. The molecule has 0 atom stereocenters. The number of aromatic nitrogens is 4. The molecule has 0 unspecified atom stereocenters. The van der Waals surface area contributed by atoms with Crippen LogP contribution in [0.3, 0.4) is 0 Å². The molecule has 0 aliphatic carbocycles. The quantitative estimate of drug-likeness (QED) is 0.622. The van der Waals surface area contributed by atoms with Crippen molar-refractivity contribution in [2.24, 2.45) is 0 Å². The van der Waals surface area contributed by atoms with Crippen LogP contribution in [0.2, 0.25) is 5.15 Å². The van der Waals surface area contributed by atoms with Crippen molar-refractivity contribution < 1.29 is 0 Å².